The molecule has 106 valence electrons. The molecule has 0 heterocycles. The average Bonchev–Trinajstić information content (AvgIpc) is 2.57. The molecule has 0 unspecified atom stereocenters. The summed E-state index contributed by atoms with van der Waals surface area (Å²) < 4.78 is 23.6. The van der Waals surface area contributed by atoms with Crippen LogP contribution in [0.5, 0.6) is 0 Å². The first-order valence-corrected chi connectivity index (χ1v) is 7.91. The van der Waals surface area contributed by atoms with Crippen LogP contribution in [0.4, 0.5) is 0 Å². The SMILES string of the molecule is I.[2H]C([2H])([2H])c1ccccc1P(c1ccccc1)c1ccccc1. The molecule has 0 aromatic heterocycles. The third-order valence-electron chi connectivity index (χ3n) is 3.17. The van der Waals surface area contributed by atoms with E-state index < -0.39 is 14.8 Å². The molecule has 0 nitrogen and oxygen atoms in total. The van der Waals surface area contributed by atoms with Gasteiger partial charge in [0.25, 0.3) is 0 Å². The molecule has 0 N–H and O–H groups in total. The van der Waals surface area contributed by atoms with Gasteiger partial charge in [0.15, 0.2) is 0 Å². The van der Waals surface area contributed by atoms with Crippen LogP contribution in [0.2, 0.25) is 0 Å². The average molecular weight is 407 g/mol. The van der Waals surface area contributed by atoms with Gasteiger partial charge in [-0.15, -0.1) is 24.0 Å². The lowest BCUT2D eigenvalue weighted by Crippen LogP contribution is -2.22. The van der Waals surface area contributed by atoms with Crippen LogP contribution < -0.4 is 15.9 Å². The topological polar surface area (TPSA) is 0 Å². The van der Waals surface area contributed by atoms with Gasteiger partial charge in [0.2, 0.25) is 0 Å². The highest BCUT2D eigenvalue weighted by Gasteiger charge is 2.17. The normalized spacial score (nSPS) is 12.9. The molecule has 0 aliphatic rings. The van der Waals surface area contributed by atoms with Gasteiger partial charge >= 0.3 is 0 Å². The monoisotopic (exact) mass is 407 g/mol. The summed E-state index contributed by atoms with van der Waals surface area (Å²) in [4.78, 5) is 0. The van der Waals surface area contributed by atoms with Crippen molar-refractivity contribution < 1.29 is 4.11 Å². The van der Waals surface area contributed by atoms with Crippen LogP contribution in [-0.4, -0.2) is 0 Å². The van der Waals surface area contributed by atoms with Crippen molar-refractivity contribution in [2.24, 2.45) is 0 Å². The van der Waals surface area contributed by atoms with Gasteiger partial charge in [0.1, 0.15) is 0 Å². The highest BCUT2D eigenvalue weighted by Crippen LogP contribution is 2.33. The number of halogens is 1. The quantitative estimate of drug-likeness (QED) is 0.447. The molecule has 0 bridgehead atoms. The molecule has 0 saturated heterocycles. The van der Waals surface area contributed by atoms with E-state index in [1.54, 1.807) is 12.1 Å². The van der Waals surface area contributed by atoms with Gasteiger partial charge in [-0.2, -0.15) is 0 Å². The smallest absolute Gasteiger partial charge is 0.0280 e. The molecule has 3 rings (SSSR count). The first-order valence-electron chi connectivity index (χ1n) is 8.07. The molecule has 2 heteroatoms. The molecule has 3 aromatic carbocycles. The van der Waals surface area contributed by atoms with Gasteiger partial charge in [-0.1, -0.05) is 84.9 Å². The van der Waals surface area contributed by atoms with E-state index in [1.807, 2.05) is 48.5 Å². The van der Waals surface area contributed by atoms with Crippen LogP contribution in [0, 0.1) is 6.85 Å². The second-order valence-electron chi connectivity index (χ2n) is 4.52. The molecule has 0 saturated carbocycles. The Balaban J connectivity index is 0.00000208. The van der Waals surface area contributed by atoms with E-state index >= 15 is 0 Å². The summed E-state index contributed by atoms with van der Waals surface area (Å²) in [7, 11) is -0.891. The maximum absolute atomic E-state index is 7.88. The first kappa shape index (κ1) is 12.4. The molecular weight excluding hydrogens is 386 g/mol. The molecule has 0 radical (unpaired) electrons. The number of hydrogen-bond donors (Lipinski definition) is 0. The Morgan fingerprint density at radius 1 is 0.667 bits per heavy atom. The lowest BCUT2D eigenvalue weighted by atomic mass is 10.2. The van der Waals surface area contributed by atoms with E-state index in [0.717, 1.165) is 15.9 Å². The molecule has 21 heavy (non-hydrogen) atoms. The molecule has 0 atom stereocenters. The standard InChI is InChI=1S/C19H17P.HI/c1-16-10-8-9-15-19(16)20(17-11-4-2-5-12-17)18-13-6-3-7-14-18;/h2-15H,1H3;1H/i1D3;. The van der Waals surface area contributed by atoms with Crippen LogP contribution in [0.1, 0.15) is 9.68 Å². The third-order valence-corrected chi connectivity index (χ3v) is 5.67. The van der Waals surface area contributed by atoms with E-state index in [2.05, 4.69) is 24.3 Å². The number of aryl methyl sites for hydroxylation is 1. The lowest BCUT2D eigenvalue weighted by Gasteiger charge is -2.21. The van der Waals surface area contributed by atoms with Crippen LogP contribution in [0.3, 0.4) is 0 Å². The third kappa shape index (κ3) is 3.72. The van der Waals surface area contributed by atoms with Crippen molar-refractivity contribution >= 4 is 47.8 Å². The molecular formula is C19H18IP. The second-order valence-corrected chi connectivity index (χ2v) is 6.71. The van der Waals surface area contributed by atoms with Crippen molar-refractivity contribution in [1.82, 2.24) is 0 Å². The Hall–Kier alpha value is -1.18. The van der Waals surface area contributed by atoms with Gasteiger partial charge in [0, 0.05) is 4.11 Å². The van der Waals surface area contributed by atoms with Crippen molar-refractivity contribution in [3.8, 4) is 0 Å². The molecule has 0 fully saturated rings. The molecule has 0 spiro atoms. The highest BCUT2D eigenvalue weighted by molar-refractivity contribution is 14.0. The van der Waals surface area contributed by atoms with Crippen molar-refractivity contribution in [1.29, 1.82) is 0 Å². The predicted octanol–water partition coefficient (Wildman–Crippen LogP) is 4.37. The minimum Gasteiger partial charge on any atom is -0.107 e. The van der Waals surface area contributed by atoms with Gasteiger partial charge in [-0.05, 0) is 36.3 Å². The van der Waals surface area contributed by atoms with Gasteiger partial charge in [-0.3, -0.25) is 0 Å². The summed E-state index contributed by atoms with van der Waals surface area (Å²) in [6.45, 7) is -2.11. The number of rotatable bonds is 3. The Bertz CT molecular complexity index is 734. The molecule has 0 aliphatic heterocycles. The van der Waals surface area contributed by atoms with Gasteiger partial charge in [-0.25, -0.2) is 0 Å². The Morgan fingerprint density at radius 2 is 1.14 bits per heavy atom. The van der Waals surface area contributed by atoms with Crippen LogP contribution in [0.25, 0.3) is 0 Å². The summed E-state index contributed by atoms with van der Waals surface area (Å²) in [6.07, 6.45) is 0. The maximum atomic E-state index is 7.88. The van der Waals surface area contributed by atoms with E-state index in [1.165, 1.54) is 0 Å². The fraction of sp³-hybridized carbons (Fsp3) is 0.0526. The minimum atomic E-state index is -2.11. The Morgan fingerprint density at radius 3 is 1.67 bits per heavy atom. The zero-order chi connectivity index (χ0) is 16.3. The zero-order valence-electron chi connectivity index (χ0n) is 14.4. The summed E-state index contributed by atoms with van der Waals surface area (Å²) >= 11 is 0. The van der Waals surface area contributed by atoms with Crippen molar-refractivity contribution in [3.05, 3.63) is 90.5 Å². The first-order chi connectivity index (χ1) is 11.1. The molecule has 3 aromatic rings. The largest absolute Gasteiger partial charge is 0.107 e. The van der Waals surface area contributed by atoms with E-state index in [0.29, 0.717) is 5.56 Å². The zero-order valence-corrected chi connectivity index (χ0v) is 14.7. The van der Waals surface area contributed by atoms with Gasteiger partial charge < -0.3 is 0 Å². The fourth-order valence-corrected chi connectivity index (χ4v) is 4.60. The maximum Gasteiger partial charge on any atom is 0.0280 e. The van der Waals surface area contributed by atoms with Crippen molar-refractivity contribution in [3.63, 3.8) is 0 Å². The molecule has 0 aliphatic carbocycles. The van der Waals surface area contributed by atoms with E-state index in [9.17, 15) is 0 Å². The highest BCUT2D eigenvalue weighted by atomic mass is 127. The van der Waals surface area contributed by atoms with E-state index in [4.69, 9.17) is 4.11 Å². The summed E-state index contributed by atoms with van der Waals surface area (Å²) in [6, 6.07) is 27.7. The van der Waals surface area contributed by atoms with Crippen LogP contribution in [-0.2, 0) is 0 Å². The van der Waals surface area contributed by atoms with Crippen LogP contribution in [0.15, 0.2) is 84.9 Å². The Labute approximate surface area is 149 Å². The molecule has 0 amide bonds. The lowest BCUT2D eigenvalue weighted by molar-refractivity contribution is 1.52. The Kier molecular flexibility index (Phi) is 4.55. The summed E-state index contributed by atoms with van der Waals surface area (Å²) in [5.74, 6) is 0. The number of benzene rings is 3. The summed E-state index contributed by atoms with van der Waals surface area (Å²) in [5.41, 5.74) is 0.443. The predicted molar refractivity (Wildman–Crippen MR) is 105 cm³/mol. The number of hydrogen-bond acceptors (Lipinski definition) is 0. The van der Waals surface area contributed by atoms with E-state index in [-0.39, 0.29) is 24.0 Å². The second kappa shape index (κ2) is 7.72. The summed E-state index contributed by atoms with van der Waals surface area (Å²) in [5, 5.41) is 3.22. The van der Waals surface area contributed by atoms with Crippen molar-refractivity contribution in [2.75, 3.05) is 0 Å². The fourth-order valence-electron chi connectivity index (χ4n) is 2.25. The van der Waals surface area contributed by atoms with Gasteiger partial charge in [0.05, 0.1) is 0 Å². The minimum absolute atomic E-state index is 0. The van der Waals surface area contributed by atoms with Crippen molar-refractivity contribution in [2.45, 2.75) is 6.85 Å². The van der Waals surface area contributed by atoms with Crippen LogP contribution >= 0.6 is 31.9 Å².